The minimum atomic E-state index is 0.149. The lowest BCUT2D eigenvalue weighted by Crippen LogP contribution is -2.44. The van der Waals surface area contributed by atoms with Crippen molar-refractivity contribution in [3.8, 4) is 0 Å². The molecule has 0 spiro atoms. The Balaban J connectivity index is 2.37. The average molecular weight is 267 g/mol. The third-order valence-electron chi connectivity index (χ3n) is 3.55. The van der Waals surface area contributed by atoms with Crippen LogP contribution >= 0.6 is 11.6 Å². The van der Waals surface area contributed by atoms with Crippen LogP contribution in [-0.4, -0.2) is 26.2 Å². The van der Waals surface area contributed by atoms with E-state index in [9.17, 15) is 0 Å². The highest BCUT2D eigenvalue weighted by atomic mass is 35.5. The zero-order valence-corrected chi connectivity index (χ0v) is 12.6. The summed E-state index contributed by atoms with van der Waals surface area (Å²) < 4.78 is 0. The Morgan fingerprint density at radius 1 is 1.17 bits per heavy atom. The zero-order valence-electron chi connectivity index (χ0n) is 11.8. The molecular formula is C15H23ClN2. The summed E-state index contributed by atoms with van der Waals surface area (Å²) in [6.07, 6.45) is 0. The Kier molecular flexibility index (Phi) is 3.88. The van der Waals surface area contributed by atoms with Crippen molar-refractivity contribution >= 4 is 17.3 Å². The molecule has 18 heavy (non-hydrogen) atoms. The predicted octanol–water partition coefficient (Wildman–Crippen LogP) is 3.36. The molecule has 0 aromatic heterocycles. The smallest absolute Gasteiger partial charge is 0.0645 e. The molecule has 1 aliphatic heterocycles. The lowest BCUT2D eigenvalue weighted by molar-refractivity contribution is 0.582. The predicted molar refractivity (Wildman–Crippen MR) is 80.0 cm³/mol. The first kappa shape index (κ1) is 13.7. The van der Waals surface area contributed by atoms with Crippen LogP contribution in [0.4, 0.5) is 5.69 Å². The van der Waals surface area contributed by atoms with Crippen molar-refractivity contribution in [3.05, 3.63) is 28.3 Å². The summed E-state index contributed by atoms with van der Waals surface area (Å²) in [5, 5.41) is 4.26. The SMILES string of the molecule is Cc1cc(C(C)(C)C)cc(Cl)c1N1CCNCC1. The maximum absolute atomic E-state index is 6.51. The molecule has 0 saturated carbocycles. The molecule has 0 aliphatic carbocycles. The third kappa shape index (κ3) is 2.81. The summed E-state index contributed by atoms with van der Waals surface area (Å²) in [7, 11) is 0. The fraction of sp³-hybridized carbons (Fsp3) is 0.600. The molecule has 0 atom stereocenters. The summed E-state index contributed by atoms with van der Waals surface area (Å²) in [6.45, 7) is 13.0. The number of hydrogen-bond acceptors (Lipinski definition) is 2. The second-order valence-electron chi connectivity index (χ2n) is 6.11. The van der Waals surface area contributed by atoms with Gasteiger partial charge < -0.3 is 10.2 Å². The van der Waals surface area contributed by atoms with Gasteiger partial charge in [-0.15, -0.1) is 0 Å². The minimum Gasteiger partial charge on any atom is -0.368 e. The molecule has 1 saturated heterocycles. The Hall–Kier alpha value is -0.730. The molecule has 100 valence electrons. The van der Waals surface area contributed by atoms with Crippen LogP contribution in [0.2, 0.25) is 5.02 Å². The van der Waals surface area contributed by atoms with Crippen molar-refractivity contribution in [3.63, 3.8) is 0 Å². The summed E-state index contributed by atoms with van der Waals surface area (Å²) in [5.41, 5.74) is 3.96. The molecule has 0 radical (unpaired) electrons. The molecule has 0 bridgehead atoms. The number of benzene rings is 1. The van der Waals surface area contributed by atoms with E-state index in [1.807, 2.05) is 0 Å². The summed E-state index contributed by atoms with van der Waals surface area (Å²) >= 11 is 6.51. The number of aryl methyl sites for hydroxylation is 1. The van der Waals surface area contributed by atoms with Gasteiger partial charge in [0.15, 0.2) is 0 Å². The lowest BCUT2D eigenvalue weighted by Gasteiger charge is -2.32. The Bertz CT molecular complexity index is 406. The Labute approximate surface area is 115 Å². The van der Waals surface area contributed by atoms with Crippen molar-refractivity contribution < 1.29 is 0 Å². The fourth-order valence-electron chi connectivity index (χ4n) is 2.46. The largest absolute Gasteiger partial charge is 0.368 e. The van der Waals surface area contributed by atoms with Crippen LogP contribution in [-0.2, 0) is 5.41 Å². The van der Waals surface area contributed by atoms with Gasteiger partial charge in [-0.05, 0) is 29.5 Å². The summed E-state index contributed by atoms with van der Waals surface area (Å²) in [4.78, 5) is 2.39. The molecule has 1 aromatic carbocycles. The summed E-state index contributed by atoms with van der Waals surface area (Å²) in [6, 6.07) is 4.41. The molecule has 2 rings (SSSR count). The minimum absolute atomic E-state index is 0.149. The topological polar surface area (TPSA) is 15.3 Å². The van der Waals surface area contributed by atoms with Gasteiger partial charge in [-0.25, -0.2) is 0 Å². The monoisotopic (exact) mass is 266 g/mol. The van der Waals surface area contributed by atoms with Crippen LogP contribution < -0.4 is 10.2 Å². The molecule has 1 heterocycles. The molecule has 1 aliphatic rings. The van der Waals surface area contributed by atoms with Gasteiger partial charge in [0.2, 0.25) is 0 Å². The lowest BCUT2D eigenvalue weighted by atomic mass is 9.86. The highest BCUT2D eigenvalue weighted by Crippen LogP contribution is 2.35. The van der Waals surface area contributed by atoms with Gasteiger partial charge in [0.05, 0.1) is 10.7 Å². The first-order valence-electron chi connectivity index (χ1n) is 6.66. The number of nitrogens with zero attached hydrogens (tertiary/aromatic N) is 1. The number of halogens is 1. The van der Waals surface area contributed by atoms with Gasteiger partial charge >= 0.3 is 0 Å². The van der Waals surface area contributed by atoms with E-state index in [4.69, 9.17) is 11.6 Å². The number of rotatable bonds is 1. The van der Waals surface area contributed by atoms with Gasteiger partial charge in [-0.3, -0.25) is 0 Å². The van der Waals surface area contributed by atoms with Gasteiger partial charge in [0.25, 0.3) is 0 Å². The van der Waals surface area contributed by atoms with Crippen LogP contribution in [0.1, 0.15) is 31.9 Å². The molecular weight excluding hydrogens is 244 g/mol. The van der Waals surface area contributed by atoms with E-state index in [1.165, 1.54) is 16.8 Å². The van der Waals surface area contributed by atoms with Gasteiger partial charge in [0, 0.05) is 26.2 Å². The van der Waals surface area contributed by atoms with Crippen LogP contribution in [0.3, 0.4) is 0 Å². The number of anilines is 1. The second kappa shape index (κ2) is 5.10. The van der Waals surface area contributed by atoms with Gasteiger partial charge in [-0.1, -0.05) is 38.4 Å². The third-order valence-corrected chi connectivity index (χ3v) is 3.84. The second-order valence-corrected chi connectivity index (χ2v) is 6.52. The van der Waals surface area contributed by atoms with E-state index >= 15 is 0 Å². The highest BCUT2D eigenvalue weighted by molar-refractivity contribution is 6.33. The van der Waals surface area contributed by atoms with Gasteiger partial charge in [0.1, 0.15) is 0 Å². The first-order chi connectivity index (χ1) is 8.39. The maximum Gasteiger partial charge on any atom is 0.0645 e. The van der Waals surface area contributed by atoms with Crippen molar-refractivity contribution in [2.45, 2.75) is 33.1 Å². The van der Waals surface area contributed by atoms with E-state index in [2.05, 4.69) is 50.0 Å². The quantitative estimate of drug-likeness (QED) is 0.839. The average Bonchev–Trinajstić information content (AvgIpc) is 2.28. The van der Waals surface area contributed by atoms with Crippen molar-refractivity contribution in [2.75, 3.05) is 31.1 Å². The standard InChI is InChI=1S/C15H23ClN2/c1-11-9-12(15(2,3)4)10-13(16)14(11)18-7-5-17-6-8-18/h9-10,17H,5-8H2,1-4H3. The van der Waals surface area contributed by atoms with Crippen molar-refractivity contribution in [1.82, 2.24) is 5.32 Å². The van der Waals surface area contributed by atoms with E-state index in [0.717, 1.165) is 31.2 Å². The van der Waals surface area contributed by atoms with Crippen LogP contribution in [0.25, 0.3) is 0 Å². The molecule has 3 heteroatoms. The Morgan fingerprint density at radius 3 is 2.28 bits per heavy atom. The molecule has 2 nitrogen and oxygen atoms in total. The molecule has 1 fully saturated rings. The highest BCUT2D eigenvalue weighted by Gasteiger charge is 2.20. The fourth-order valence-corrected chi connectivity index (χ4v) is 2.84. The van der Waals surface area contributed by atoms with Crippen molar-refractivity contribution in [2.24, 2.45) is 0 Å². The maximum atomic E-state index is 6.51. The molecule has 0 amide bonds. The summed E-state index contributed by atoms with van der Waals surface area (Å²) in [5.74, 6) is 0. The number of piperazine rings is 1. The van der Waals surface area contributed by atoms with E-state index in [-0.39, 0.29) is 5.41 Å². The van der Waals surface area contributed by atoms with E-state index in [0.29, 0.717) is 0 Å². The zero-order chi connectivity index (χ0) is 13.3. The normalized spacial score (nSPS) is 17.1. The number of nitrogens with one attached hydrogen (secondary N) is 1. The molecule has 1 N–H and O–H groups in total. The molecule has 1 aromatic rings. The number of hydrogen-bond donors (Lipinski definition) is 1. The molecule has 0 unspecified atom stereocenters. The van der Waals surface area contributed by atoms with Crippen molar-refractivity contribution in [1.29, 1.82) is 0 Å². The Morgan fingerprint density at radius 2 is 1.78 bits per heavy atom. The van der Waals surface area contributed by atoms with E-state index < -0.39 is 0 Å². The van der Waals surface area contributed by atoms with Gasteiger partial charge in [-0.2, -0.15) is 0 Å². The van der Waals surface area contributed by atoms with E-state index in [1.54, 1.807) is 0 Å². The van der Waals surface area contributed by atoms with Crippen LogP contribution in [0, 0.1) is 6.92 Å². The van der Waals surface area contributed by atoms with Crippen LogP contribution in [0.15, 0.2) is 12.1 Å². The van der Waals surface area contributed by atoms with Crippen LogP contribution in [0.5, 0.6) is 0 Å². The first-order valence-corrected chi connectivity index (χ1v) is 7.03.